The van der Waals surface area contributed by atoms with Crippen LogP contribution < -0.4 is 0 Å². The van der Waals surface area contributed by atoms with E-state index in [0.29, 0.717) is 11.2 Å². The summed E-state index contributed by atoms with van der Waals surface area (Å²) in [5.41, 5.74) is 6.31. The number of oxazole rings is 2. The third kappa shape index (κ3) is 5.85. The van der Waals surface area contributed by atoms with Crippen LogP contribution in [0.15, 0.2) is 129 Å². The molecule has 0 radical (unpaired) electrons. The molecule has 6 aromatic rings. The number of amides is 2. The molecule has 0 bridgehead atoms. The third-order valence-corrected chi connectivity index (χ3v) is 8.34. The van der Waals surface area contributed by atoms with Crippen LogP contribution in [0, 0.1) is 9.67 Å². The van der Waals surface area contributed by atoms with Crippen molar-refractivity contribution in [2.45, 2.75) is 25.9 Å². The van der Waals surface area contributed by atoms with Crippen molar-refractivity contribution in [3.05, 3.63) is 152 Å². The minimum absolute atomic E-state index is 0.0857. The zero-order valence-corrected chi connectivity index (χ0v) is 26.0. The number of hydrogen-bond donors (Lipinski definition) is 4. The van der Waals surface area contributed by atoms with Gasteiger partial charge in [0.1, 0.15) is 0 Å². The smallest absolute Gasteiger partial charge is 0.329 e. The molecule has 0 atom stereocenters. The average molecular weight is 649 g/mol. The number of rotatable bonds is 8. The fourth-order valence-electron chi connectivity index (χ4n) is 5.71. The number of carbonyl (C=O) groups is 1. The van der Waals surface area contributed by atoms with Gasteiger partial charge >= 0.3 is 6.03 Å². The highest BCUT2D eigenvalue weighted by Gasteiger charge is 2.36. The van der Waals surface area contributed by atoms with Crippen molar-refractivity contribution in [1.29, 1.82) is 0 Å². The van der Waals surface area contributed by atoms with Crippen molar-refractivity contribution >= 4 is 52.7 Å². The molecule has 1 aliphatic heterocycles. The second-order valence-electron chi connectivity index (χ2n) is 11.1. The first-order valence-electron chi connectivity index (χ1n) is 14.6. The average Bonchev–Trinajstić information content (AvgIpc) is 3.62. The Morgan fingerprint density at radius 3 is 1.41 bits per heavy atom. The number of fused-ring (bicyclic) bond motifs is 2. The summed E-state index contributed by atoms with van der Waals surface area (Å²) < 4.78 is 11.3. The zero-order chi connectivity index (χ0) is 31.8. The third-order valence-electron chi connectivity index (χ3n) is 7.97. The molecule has 9 nitrogen and oxygen atoms in total. The predicted octanol–water partition coefficient (Wildman–Crippen LogP) is 8.76. The highest BCUT2D eigenvalue weighted by Crippen LogP contribution is 2.33. The van der Waals surface area contributed by atoms with Crippen LogP contribution >= 0.6 is 24.4 Å². The lowest BCUT2D eigenvalue weighted by Crippen LogP contribution is -2.41. The number of urea groups is 1. The van der Waals surface area contributed by atoms with Gasteiger partial charge in [0.25, 0.3) is 9.67 Å². The van der Waals surface area contributed by atoms with E-state index in [4.69, 9.17) is 33.3 Å². The van der Waals surface area contributed by atoms with Crippen LogP contribution in [-0.2, 0) is 25.9 Å². The van der Waals surface area contributed by atoms with Crippen molar-refractivity contribution < 1.29 is 23.8 Å². The van der Waals surface area contributed by atoms with Gasteiger partial charge in [0.05, 0.1) is 35.5 Å². The molecule has 0 saturated heterocycles. The van der Waals surface area contributed by atoms with Gasteiger partial charge in [-0.1, -0.05) is 72.8 Å². The maximum Gasteiger partial charge on any atom is 0.329 e. The summed E-state index contributed by atoms with van der Waals surface area (Å²) in [7, 11) is 0. The molecule has 2 amide bonds. The van der Waals surface area contributed by atoms with Crippen LogP contribution in [0.1, 0.15) is 22.3 Å². The summed E-state index contributed by atoms with van der Waals surface area (Å²) >= 11 is 10.3. The van der Waals surface area contributed by atoms with Crippen molar-refractivity contribution in [2.75, 3.05) is 0 Å². The second kappa shape index (κ2) is 12.2. The van der Waals surface area contributed by atoms with Gasteiger partial charge < -0.3 is 29.0 Å². The van der Waals surface area contributed by atoms with E-state index < -0.39 is 6.03 Å². The van der Waals surface area contributed by atoms with E-state index in [-0.39, 0.29) is 58.5 Å². The van der Waals surface area contributed by atoms with E-state index in [1.807, 2.05) is 97.1 Å². The summed E-state index contributed by atoms with van der Waals surface area (Å²) in [6, 6.07) is 29.6. The Morgan fingerprint density at radius 2 is 1.00 bits per heavy atom. The molecular weight excluding hydrogens is 621 g/mol. The molecular formula is C35H28N4O5S2. The topological polar surface area (TPSA) is 122 Å². The van der Waals surface area contributed by atoms with Gasteiger partial charge in [0.15, 0.2) is 22.7 Å². The number of carbonyl (C=O) groups excluding carboxylic acids is 1. The predicted molar refractivity (Wildman–Crippen MR) is 179 cm³/mol. The Balaban J connectivity index is 1.36. The molecule has 4 aromatic carbocycles. The number of benzene rings is 4. The monoisotopic (exact) mass is 648 g/mol. The molecule has 46 heavy (non-hydrogen) atoms. The summed E-state index contributed by atoms with van der Waals surface area (Å²) in [5, 5.41) is 23.6. The van der Waals surface area contributed by atoms with E-state index in [9.17, 15) is 15.0 Å². The summed E-state index contributed by atoms with van der Waals surface area (Å²) in [6.07, 6.45) is 0.385. The largest absolute Gasteiger partial charge is 0.503 e. The minimum atomic E-state index is -0.419. The number of aromatic nitrogens is 2. The number of H-pyrrole nitrogens is 2. The van der Waals surface area contributed by atoms with Crippen LogP contribution in [0.2, 0.25) is 0 Å². The van der Waals surface area contributed by atoms with E-state index in [0.717, 1.165) is 33.3 Å². The molecule has 11 heteroatoms. The van der Waals surface area contributed by atoms with E-state index in [1.165, 1.54) is 9.80 Å². The number of nitrogens with one attached hydrogen (secondary N) is 2. The number of aliphatic hydroxyl groups is 2. The lowest BCUT2D eigenvalue weighted by atomic mass is 10.0. The highest BCUT2D eigenvalue weighted by atomic mass is 32.1. The summed E-state index contributed by atoms with van der Waals surface area (Å²) in [4.78, 5) is 24.4. The first kappa shape index (κ1) is 29.3. The van der Waals surface area contributed by atoms with Gasteiger partial charge in [-0.05, 0) is 71.0 Å². The maximum absolute atomic E-state index is 14.9. The fourth-order valence-corrected chi connectivity index (χ4v) is 6.11. The van der Waals surface area contributed by atoms with Gasteiger partial charge in [-0.15, -0.1) is 0 Å². The fraction of sp³-hybridized carbons (Fsp3) is 0.114. The molecule has 0 spiro atoms. The molecule has 0 unspecified atom stereocenters. The molecule has 7 rings (SSSR count). The SMILES string of the molecule is O=C1N(Cc2ccc3[nH]c(=S)oc3c2)C(Cc2ccccc2)=C(O)C(O)=C(Cc2ccccc2)N1Cc1ccc2[nH]c(=S)oc2c1. The number of aromatic amines is 2. The van der Waals surface area contributed by atoms with Crippen molar-refractivity contribution in [1.82, 2.24) is 19.8 Å². The van der Waals surface area contributed by atoms with Crippen LogP contribution in [0.4, 0.5) is 4.79 Å². The van der Waals surface area contributed by atoms with Crippen molar-refractivity contribution in [3.8, 4) is 0 Å². The summed E-state index contributed by atoms with van der Waals surface area (Å²) in [5.74, 6) is -0.726. The maximum atomic E-state index is 14.9. The molecule has 0 fully saturated rings. The van der Waals surface area contributed by atoms with Gasteiger partial charge in [0.2, 0.25) is 0 Å². The molecule has 2 aromatic heterocycles. The van der Waals surface area contributed by atoms with Crippen LogP contribution in [0.5, 0.6) is 0 Å². The molecule has 4 N–H and O–H groups in total. The Hall–Kier alpha value is -5.39. The molecule has 230 valence electrons. The quantitative estimate of drug-likeness (QED) is 0.122. The molecule has 1 aliphatic rings. The normalized spacial score (nSPS) is 14.1. The van der Waals surface area contributed by atoms with E-state index >= 15 is 0 Å². The Labute approximate surface area is 273 Å². The van der Waals surface area contributed by atoms with Gasteiger partial charge in [-0.25, -0.2) is 4.79 Å². The number of aliphatic hydroxyl groups excluding tert-OH is 2. The van der Waals surface area contributed by atoms with Crippen LogP contribution in [0.3, 0.4) is 0 Å². The highest BCUT2D eigenvalue weighted by molar-refractivity contribution is 7.71. The standard InChI is InChI=1S/C35H28N4O5S2/c40-31-27(15-21-7-3-1-4-8-21)38(19-23-11-13-25-29(17-23)43-33(45)36-25)35(42)39(28(32(31)41)16-22-9-5-2-6-10-22)20-24-12-14-26-30(18-24)44-34(46)37-26/h1-14,17-18,40-41H,15-16,19-20H2,(H,36,45)(H,37,46). The van der Waals surface area contributed by atoms with Crippen LogP contribution in [0.25, 0.3) is 22.2 Å². The van der Waals surface area contributed by atoms with Crippen LogP contribution in [-0.4, -0.2) is 36.0 Å². The second-order valence-corrected chi connectivity index (χ2v) is 11.8. The first-order valence-corrected chi connectivity index (χ1v) is 15.4. The first-order chi connectivity index (χ1) is 22.3. The summed E-state index contributed by atoms with van der Waals surface area (Å²) in [6.45, 7) is 0.171. The van der Waals surface area contributed by atoms with Crippen molar-refractivity contribution in [3.63, 3.8) is 0 Å². The minimum Gasteiger partial charge on any atom is -0.503 e. The van der Waals surface area contributed by atoms with E-state index in [2.05, 4.69) is 9.97 Å². The lowest BCUT2D eigenvalue weighted by molar-refractivity contribution is 0.171. The molecule has 0 saturated carbocycles. The van der Waals surface area contributed by atoms with Gasteiger partial charge in [0, 0.05) is 12.8 Å². The van der Waals surface area contributed by atoms with Gasteiger partial charge in [-0.2, -0.15) is 0 Å². The van der Waals surface area contributed by atoms with E-state index in [1.54, 1.807) is 0 Å². The van der Waals surface area contributed by atoms with Gasteiger partial charge in [-0.3, -0.25) is 9.80 Å². The zero-order valence-electron chi connectivity index (χ0n) is 24.4. The molecule has 0 aliphatic carbocycles. The molecule has 3 heterocycles. The Morgan fingerprint density at radius 1 is 0.587 bits per heavy atom. The van der Waals surface area contributed by atoms with Crippen molar-refractivity contribution in [2.24, 2.45) is 0 Å². The number of nitrogens with zero attached hydrogens (tertiary/aromatic N) is 2. The Bertz CT molecular complexity index is 2110. The Kier molecular flexibility index (Phi) is 7.77. The number of hydrogen-bond acceptors (Lipinski definition) is 7. The lowest BCUT2D eigenvalue weighted by Gasteiger charge is -2.31. The number of allylic oxidation sites excluding steroid dienone is 2.